The highest BCUT2D eigenvalue weighted by atomic mass is 16.6. The van der Waals surface area contributed by atoms with E-state index in [1.807, 2.05) is 6.07 Å². The Hall–Kier alpha value is -1.43. The fraction of sp³-hybridized carbons (Fsp3) is 0.462. The summed E-state index contributed by atoms with van der Waals surface area (Å²) >= 11 is 0. The maximum absolute atomic E-state index is 11.8. The molecule has 0 radical (unpaired) electrons. The second-order valence-corrected chi connectivity index (χ2v) is 4.18. The summed E-state index contributed by atoms with van der Waals surface area (Å²) in [6, 6.07) is 8.86. The molecule has 3 N–H and O–H groups in total. The number of carbonyl (C=O) groups is 1. The van der Waals surface area contributed by atoms with E-state index in [2.05, 4.69) is 0 Å². The smallest absolute Gasteiger partial charge is 0.338 e. The number of rotatable bonds is 2. The SMILES string of the molecule is CC1OC(O)CCC1OC(=O)c1ccccc1.O. The number of benzene rings is 1. The molecule has 1 saturated heterocycles. The molecule has 1 aliphatic heterocycles. The lowest BCUT2D eigenvalue weighted by Crippen LogP contribution is -2.39. The van der Waals surface area contributed by atoms with Crippen LogP contribution in [0.1, 0.15) is 30.1 Å². The molecule has 3 unspecified atom stereocenters. The molecule has 0 bridgehead atoms. The molecule has 0 spiro atoms. The highest BCUT2D eigenvalue weighted by Crippen LogP contribution is 2.21. The van der Waals surface area contributed by atoms with Gasteiger partial charge in [-0.15, -0.1) is 0 Å². The lowest BCUT2D eigenvalue weighted by molar-refractivity contribution is -0.193. The van der Waals surface area contributed by atoms with Crippen LogP contribution in [-0.2, 0) is 9.47 Å². The van der Waals surface area contributed by atoms with Crippen molar-refractivity contribution in [1.29, 1.82) is 0 Å². The summed E-state index contributed by atoms with van der Waals surface area (Å²) in [4.78, 5) is 11.8. The average Bonchev–Trinajstić information content (AvgIpc) is 2.34. The molecule has 1 fully saturated rings. The summed E-state index contributed by atoms with van der Waals surface area (Å²) in [5, 5.41) is 9.29. The standard InChI is InChI=1S/C13H16O4.H2O/c1-9-11(7-8-12(14)16-9)17-13(15)10-5-3-2-4-6-10;/h2-6,9,11-12,14H,7-8H2,1H3;1H2. The molecule has 1 aliphatic rings. The largest absolute Gasteiger partial charge is 0.456 e. The quantitative estimate of drug-likeness (QED) is 0.794. The third-order valence-electron chi connectivity index (χ3n) is 2.86. The zero-order valence-corrected chi connectivity index (χ0v) is 10.2. The van der Waals surface area contributed by atoms with Crippen LogP contribution in [0.15, 0.2) is 30.3 Å². The van der Waals surface area contributed by atoms with Gasteiger partial charge in [-0.3, -0.25) is 0 Å². The fourth-order valence-corrected chi connectivity index (χ4v) is 1.88. The number of hydrogen-bond acceptors (Lipinski definition) is 4. The topological polar surface area (TPSA) is 87.3 Å². The van der Waals surface area contributed by atoms with Gasteiger partial charge in [-0.2, -0.15) is 0 Å². The highest BCUT2D eigenvalue weighted by Gasteiger charge is 2.30. The van der Waals surface area contributed by atoms with Crippen LogP contribution < -0.4 is 0 Å². The molecule has 3 atom stereocenters. The number of aliphatic hydroxyl groups excluding tert-OH is 1. The maximum atomic E-state index is 11.8. The van der Waals surface area contributed by atoms with E-state index in [1.54, 1.807) is 31.2 Å². The first-order valence-electron chi connectivity index (χ1n) is 5.76. The first kappa shape index (κ1) is 14.6. The van der Waals surface area contributed by atoms with Crippen LogP contribution in [0.25, 0.3) is 0 Å². The molecule has 5 heteroatoms. The first-order chi connectivity index (χ1) is 8.16. The molecule has 100 valence electrons. The Bertz CT molecular complexity index is 378. The molecule has 1 aromatic carbocycles. The summed E-state index contributed by atoms with van der Waals surface area (Å²) in [6.07, 6.45) is -0.174. The highest BCUT2D eigenvalue weighted by molar-refractivity contribution is 5.89. The van der Waals surface area contributed by atoms with Gasteiger partial charge in [-0.05, 0) is 25.5 Å². The lowest BCUT2D eigenvalue weighted by Gasteiger charge is -2.31. The summed E-state index contributed by atoms with van der Waals surface area (Å²) < 4.78 is 10.6. The number of hydrogen-bond donors (Lipinski definition) is 1. The van der Waals surface area contributed by atoms with Gasteiger partial charge < -0.3 is 20.1 Å². The summed E-state index contributed by atoms with van der Waals surface area (Å²) in [5.41, 5.74) is 0.533. The Morgan fingerprint density at radius 2 is 2.00 bits per heavy atom. The third-order valence-corrected chi connectivity index (χ3v) is 2.86. The summed E-state index contributed by atoms with van der Waals surface area (Å²) in [5.74, 6) is -0.345. The van der Waals surface area contributed by atoms with E-state index in [4.69, 9.17) is 9.47 Å². The second-order valence-electron chi connectivity index (χ2n) is 4.18. The number of aliphatic hydroxyl groups is 1. The summed E-state index contributed by atoms with van der Waals surface area (Å²) in [6.45, 7) is 1.80. The van der Waals surface area contributed by atoms with Gasteiger partial charge in [0.25, 0.3) is 0 Å². The molecular weight excluding hydrogens is 236 g/mol. The van der Waals surface area contributed by atoms with Gasteiger partial charge in [-0.1, -0.05) is 18.2 Å². The molecule has 0 amide bonds. The molecule has 0 saturated carbocycles. The minimum absolute atomic E-state index is 0. The molecule has 1 heterocycles. The van der Waals surface area contributed by atoms with Crippen LogP contribution in [0.2, 0.25) is 0 Å². The first-order valence-corrected chi connectivity index (χ1v) is 5.76. The van der Waals surface area contributed by atoms with E-state index in [9.17, 15) is 9.90 Å². The van der Waals surface area contributed by atoms with E-state index >= 15 is 0 Å². The van der Waals surface area contributed by atoms with Gasteiger partial charge in [0.05, 0.1) is 11.7 Å². The van der Waals surface area contributed by atoms with Gasteiger partial charge in [0.2, 0.25) is 0 Å². The van der Waals surface area contributed by atoms with Gasteiger partial charge >= 0.3 is 5.97 Å². The number of ether oxygens (including phenoxy) is 2. The molecule has 5 nitrogen and oxygen atoms in total. The van der Waals surface area contributed by atoms with Crippen molar-refractivity contribution in [3.05, 3.63) is 35.9 Å². The van der Waals surface area contributed by atoms with Crippen LogP contribution in [0, 0.1) is 0 Å². The number of carbonyl (C=O) groups excluding carboxylic acids is 1. The van der Waals surface area contributed by atoms with E-state index in [-0.39, 0.29) is 23.7 Å². The Morgan fingerprint density at radius 1 is 1.33 bits per heavy atom. The Kier molecular flexibility index (Phi) is 5.27. The van der Waals surface area contributed by atoms with Crippen molar-refractivity contribution in [2.24, 2.45) is 0 Å². The predicted octanol–water partition coefficient (Wildman–Crippen LogP) is 0.905. The molecule has 1 aromatic rings. The van der Waals surface area contributed by atoms with Crippen molar-refractivity contribution in [2.75, 3.05) is 0 Å². The minimum Gasteiger partial charge on any atom is -0.456 e. The van der Waals surface area contributed by atoms with E-state index in [0.717, 1.165) is 0 Å². The average molecular weight is 254 g/mol. The Labute approximate surface area is 106 Å². The molecule has 2 rings (SSSR count). The van der Waals surface area contributed by atoms with Crippen molar-refractivity contribution >= 4 is 5.97 Å². The van der Waals surface area contributed by atoms with Crippen LogP contribution in [0.3, 0.4) is 0 Å². The van der Waals surface area contributed by atoms with Crippen molar-refractivity contribution in [2.45, 2.75) is 38.3 Å². The molecule has 0 aromatic heterocycles. The van der Waals surface area contributed by atoms with Crippen LogP contribution in [0.4, 0.5) is 0 Å². The van der Waals surface area contributed by atoms with Crippen LogP contribution >= 0.6 is 0 Å². The second kappa shape index (κ2) is 6.49. The van der Waals surface area contributed by atoms with E-state index in [0.29, 0.717) is 18.4 Å². The summed E-state index contributed by atoms with van der Waals surface area (Å²) in [7, 11) is 0. The minimum atomic E-state index is -0.739. The lowest BCUT2D eigenvalue weighted by atomic mass is 10.1. The van der Waals surface area contributed by atoms with Crippen LogP contribution in [0.5, 0.6) is 0 Å². The fourth-order valence-electron chi connectivity index (χ4n) is 1.88. The Morgan fingerprint density at radius 3 is 2.61 bits per heavy atom. The van der Waals surface area contributed by atoms with E-state index in [1.165, 1.54) is 0 Å². The normalized spacial score (nSPS) is 27.1. The zero-order valence-electron chi connectivity index (χ0n) is 10.2. The van der Waals surface area contributed by atoms with Crippen molar-refractivity contribution in [1.82, 2.24) is 0 Å². The van der Waals surface area contributed by atoms with Gasteiger partial charge in [0, 0.05) is 6.42 Å². The number of esters is 1. The predicted molar refractivity (Wildman–Crippen MR) is 65.0 cm³/mol. The van der Waals surface area contributed by atoms with Crippen molar-refractivity contribution < 1.29 is 24.9 Å². The third kappa shape index (κ3) is 3.53. The van der Waals surface area contributed by atoms with Gasteiger partial charge in [-0.25, -0.2) is 4.79 Å². The monoisotopic (exact) mass is 254 g/mol. The van der Waals surface area contributed by atoms with Crippen molar-refractivity contribution in [3.8, 4) is 0 Å². The molecular formula is C13H18O5. The zero-order chi connectivity index (χ0) is 12.3. The molecule has 0 aliphatic carbocycles. The molecule has 18 heavy (non-hydrogen) atoms. The Balaban J connectivity index is 0.00000162. The van der Waals surface area contributed by atoms with Gasteiger partial charge in [0.15, 0.2) is 6.29 Å². The van der Waals surface area contributed by atoms with Crippen molar-refractivity contribution in [3.63, 3.8) is 0 Å². The van der Waals surface area contributed by atoms with E-state index < -0.39 is 6.29 Å². The van der Waals surface area contributed by atoms with Crippen LogP contribution in [-0.4, -0.2) is 35.0 Å². The van der Waals surface area contributed by atoms with Gasteiger partial charge in [0.1, 0.15) is 6.10 Å². The maximum Gasteiger partial charge on any atom is 0.338 e.